The lowest BCUT2D eigenvalue weighted by Crippen LogP contribution is -2.37. The van der Waals surface area contributed by atoms with Crippen LogP contribution in [0.15, 0.2) is 4.47 Å². The lowest BCUT2D eigenvalue weighted by atomic mass is 10.1. The molecule has 0 radical (unpaired) electrons. The summed E-state index contributed by atoms with van der Waals surface area (Å²) in [4.78, 5) is 0. The maximum absolute atomic E-state index is 6.14. The van der Waals surface area contributed by atoms with Crippen LogP contribution in [0.4, 0.5) is 0 Å². The normalized spacial score (nSPS) is 14.9. The van der Waals surface area contributed by atoms with Gasteiger partial charge in [-0.25, -0.2) is 0 Å². The quantitative estimate of drug-likeness (QED) is 0.875. The highest BCUT2D eigenvalue weighted by molar-refractivity contribution is 9.10. The number of halogens is 1. The van der Waals surface area contributed by atoms with E-state index < -0.39 is 0 Å². The molecular formula is C12H22BrN3O. The summed E-state index contributed by atoms with van der Waals surface area (Å²) in [6, 6.07) is -0.00800. The molecule has 5 heteroatoms. The summed E-state index contributed by atoms with van der Waals surface area (Å²) in [5.41, 5.74) is 8.36. The third-order valence-electron chi connectivity index (χ3n) is 2.96. The number of ether oxygens (including phenoxy) is 1. The van der Waals surface area contributed by atoms with Gasteiger partial charge in [-0.2, -0.15) is 5.10 Å². The zero-order chi connectivity index (χ0) is 13.0. The third kappa shape index (κ3) is 3.53. The molecule has 0 spiro atoms. The minimum Gasteiger partial charge on any atom is -0.377 e. The maximum atomic E-state index is 6.14. The second-order valence-corrected chi connectivity index (χ2v) is 5.01. The fourth-order valence-corrected chi connectivity index (χ4v) is 2.60. The molecular weight excluding hydrogens is 282 g/mol. The fraction of sp³-hybridized carbons (Fsp3) is 0.750. The Bertz CT molecular complexity index is 365. The summed E-state index contributed by atoms with van der Waals surface area (Å²) in [7, 11) is 1.96. The van der Waals surface area contributed by atoms with E-state index in [0.29, 0.717) is 6.61 Å². The van der Waals surface area contributed by atoms with Crippen molar-refractivity contribution in [1.29, 1.82) is 0 Å². The zero-order valence-corrected chi connectivity index (χ0v) is 12.6. The summed E-state index contributed by atoms with van der Waals surface area (Å²) in [6.45, 7) is 6.79. The van der Waals surface area contributed by atoms with Crippen molar-refractivity contribution in [3.8, 4) is 0 Å². The van der Waals surface area contributed by atoms with Crippen LogP contribution in [-0.2, 0) is 24.6 Å². The van der Waals surface area contributed by atoms with Crippen LogP contribution in [0.2, 0.25) is 0 Å². The maximum Gasteiger partial charge on any atom is 0.0766 e. The lowest BCUT2D eigenvalue weighted by Gasteiger charge is -2.19. The molecule has 0 fully saturated rings. The Hall–Kier alpha value is -0.390. The predicted octanol–water partition coefficient (Wildman–Crippen LogP) is 2.04. The number of rotatable bonds is 6. The Morgan fingerprint density at radius 3 is 2.59 bits per heavy atom. The van der Waals surface area contributed by atoms with Gasteiger partial charge in [0.15, 0.2) is 0 Å². The summed E-state index contributed by atoms with van der Waals surface area (Å²) < 4.78 is 8.51. The van der Waals surface area contributed by atoms with Gasteiger partial charge in [0.1, 0.15) is 0 Å². The van der Waals surface area contributed by atoms with Gasteiger partial charge in [0.05, 0.1) is 22.0 Å². The van der Waals surface area contributed by atoms with Crippen LogP contribution in [0, 0.1) is 0 Å². The van der Waals surface area contributed by atoms with E-state index in [1.54, 1.807) is 0 Å². The van der Waals surface area contributed by atoms with Crippen molar-refractivity contribution < 1.29 is 4.74 Å². The van der Waals surface area contributed by atoms with Crippen LogP contribution in [0.1, 0.15) is 32.2 Å². The largest absolute Gasteiger partial charge is 0.377 e. The van der Waals surface area contributed by atoms with Crippen molar-refractivity contribution in [3.63, 3.8) is 0 Å². The molecule has 98 valence electrons. The number of hydrogen-bond donors (Lipinski definition) is 1. The topological polar surface area (TPSA) is 53.1 Å². The van der Waals surface area contributed by atoms with Gasteiger partial charge in [0, 0.05) is 26.1 Å². The van der Waals surface area contributed by atoms with Gasteiger partial charge in [0.2, 0.25) is 0 Å². The minimum absolute atomic E-state index is 0.00800. The summed E-state index contributed by atoms with van der Waals surface area (Å²) >= 11 is 3.60. The number of aryl methyl sites for hydroxylation is 2. The van der Waals surface area contributed by atoms with E-state index in [1.165, 1.54) is 0 Å². The second-order valence-electron chi connectivity index (χ2n) is 4.21. The molecule has 0 aromatic carbocycles. The molecule has 1 rings (SSSR count). The average molecular weight is 304 g/mol. The Labute approximate surface area is 112 Å². The van der Waals surface area contributed by atoms with Gasteiger partial charge in [0.25, 0.3) is 0 Å². The van der Waals surface area contributed by atoms with Gasteiger partial charge < -0.3 is 10.5 Å². The zero-order valence-electron chi connectivity index (χ0n) is 11.0. The van der Waals surface area contributed by atoms with E-state index in [0.717, 1.165) is 28.7 Å². The highest BCUT2D eigenvalue weighted by atomic mass is 79.9. The Morgan fingerprint density at radius 1 is 1.47 bits per heavy atom. The lowest BCUT2D eigenvalue weighted by molar-refractivity contribution is 0.0572. The average Bonchev–Trinajstić information content (AvgIpc) is 2.56. The first kappa shape index (κ1) is 14.7. The van der Waals surface area contributed by atoms with Crippen LogP contribution in [-0.4, -0.2) is 28.5 Å². The highest BCUT2D eigenvalue weighted by Gasteiger charge is 2.19. The van der Waals surface area contributed by atoms with Crippen molar-refractivity contribution in [2.75, 3.05) is 6.61 Å². The van der Waals surface area contributed by atoms with Crippen LogP contribution >= 0.6 is 15.9 Å². The van der Waals surface area contributed by atoms with E-state index in [9.17, 15) is 0 Å². The number of hydrogen-bond acceptors (Lipinski definition) is 3. The standard InChI is InChI=1S/C12H22BrN3O/c1-5-10-12(13)11(16(4)15-10)7-9(14)8(3)17-6-2/h8-9H,5-7,14H2,1-4H3. The Kier molecular flexibility index (Phi) is 5.62. The van der Waals surface area contributed by atoms with Crippen molar-refractivity contribution in [1.82, 2.24) is 9.78 Å². The first-order valence-corrected chi connectivity index (χ1v) is 6.87. The molecule has 2 atom stereocenters. The molecule has 1 heterocycles. The van der Waals surface area contributed by atoms with E-state index in [1.807, 2.05) is 25.6 Å². The molecule has 2 N–H and O–H groups in total. The van der Waals surface area contributed by atoms with E-state index in [-0.39, 0.29) is 12.1 Å². The summed E-state index contributed by atoms with van der Waals surface area (Å²) in [6.07, 6.45) is 1.75. The molecule has 2 unspecified atom stereocenters. The monoisotopic (exact) mass is 303 g/mol. The molecule has 0 amide bonds. The SMILES string of the molecule is CCOC(C)C(N)Cc1c(Br)c(CC)nn1C. The molecule has 17 heavy (non-hydrogen) atoms. The first-order valence-electron chi connectivity index (χ1n) is 6.08. The molecule has 4 nitrogen and oxygen atoms in total. The van der Waals surface area contributed by atoms with Gasteiger partial charge in [-0.15, -0.1) is 0 Å². The van der Waals surface area contributed by atoms with Gasteiger partial charge >= 0.3 is 0 Å². The number of nitrogens with zero attached hydrogens (tertiary/aromatic N) is 2. The third-order valence-corrected chi connectivity index (χ3v) is 3.88. The molecule has 0 saturated heterocycles. The summed E-state index contributed by atoms with van der Waals surface area (Å²) in [5.74, 6) is 0. The van der Waals surface area contributed by atoms with Crippen molar-refractivity contribution >= 4 is 15.9 Å². The van der Waals surface area contributed by atoms with Crippen LogP contribution in [0.5, 0.6) is 0 Å². The number of aromatic nitrogens is 2. The molecule has 0 aliphatic heterocycles. The Morgan fingerprint density at radius 2 is 2.12 bits per heavy atom. The van der Waals surface area contributed by atoms with Gasteiger partial charge in [-0.05, 0) is 36.2 Å². The first-order chi connectivity index (χ1) is 8.01. The van der Waals surface area contributed by atoms with Crippen LogP contribution in [0.3, 0.4) is 0 Å². The highest BCUT2D eigenvalue weighted by Crippen LogP contribution is 2.23. The van der Waals surface area contributed by atoms with Crippen LogP contribution in [0.25, 0.3) is 0 Å². The molecule has 0 saturated carbocycles. The van der Waals surface area contributed by atoms with Crippen molar-refractivity contribution in [2.45, 2.75) is 45.8 Å². The molecule has 1 aromatic rings. The van der Waals surface area contributed by atoms with Crippen molar-refractivity contribution in [3.05, 3.63) is 15.9 Å². The Balaban J connectivity index is 2.77. The molecule has 1 aromatic heterocycles. The summed E-state index contributed by atoms with van der Waals surface area (Å²) in [5, 5.41) is 4.46. The second kappa shape index (κ2) is 6.52. The smallest absolute Gasteiger partial charge is 0.0766 e. The van der Waals surface area contributed by atoms with Crippen LogP contribution < -0.4 is 5.73 Å². The molecule has 0 aliphatic carbocycles. The van der Waals surface area contributed by atoms with E-state index >= 15 is 0 Å². The number of nitrogens with two attached hydrogens (primary N) is 1. The predicted molar refractivity (Wildman–Crippen MR) is 73.1 cm³/mol. The molecule has 0 bridgehead atoms. The minimum atomic E-state index is -0.00800. The van der Waals surface area contributed by atoms with Crippen molar-refractivity contribution in [2.24, 2.45) is 12.8 Å². The van der Waals surface area contributed by atoms with E-state index in [2.05, 4.69) is 28.0 Å². The fourth-order valence-electron chi connectivity index (χ4n) is 1.82. The van der Waals surface area contributed by atoms with Gasteiger partial charge in [-0.1, -0.05) is 6.92 Å². The van der Waals surface area contributed by atoms with E-state index in [4.69, 9.17) is 10.5 Å². The van der Waals surface area contributed by atoms with Gasteiger partial charge in [-0.3, -0.25) is 4.68 Å². The molecule has 0 aliphatic rings.